The van der Waals surface area contributed by atoms with Crippen molar-refractivity contribution in [3.05, 3.63) is 52.2 Å². The number of nitrogens with zero attached hydrogens (tertiary/aromatic N) is 3. The van der Waals surface area contributed by atoms with E-state index in [-0.39, 0.29) is 11.4 Å². The molecule has 0 radical (unpaired) electrons. The Hall–Kier alpha value is -3.02. The zero-order valence-electron chi connectivity index (χ0n) is 15.1. The zero-order chi connectivity index (χ0) is 19.4. The molecule has 0 saturated carbocycles. The number of nitriles is 1. The summed E-state index contributed by atoms with van der Waals surface area (Å²) in [4.78, 5) is 31.7. The topological polar surface area (TPSA) is 98.1 Å². The number of ketones is 1. The highest BCUT2D eigenvalue weighted by atomic mass is 32.1. The third-order valence-corrected chi connectivity index (χ3v) is 5.17. The number of fused-ring (bicyclic) bond motifs is 1. The molecule has 27 heavy (non-hydrogen) atoms. The van der Waals surface area contributed by atoms with E-state index in [1.807, 2.05) is 6.07 Å². The number of carbonyl (C=O) groups excluding carboxylic acids is 2. The van der Waals surface area contributed by atoms with Gasteiger partial charge in [0.05, 0.1) is 5.69 Å². The fourth-order valence-corrected chi connectivity index (χ4v) is 3.74. The molecule has 2 heterocycles. The Morgan fingerprint density at radius 3 is 2.96 bits per heavy atom. The summed E-state index contributed by atoms with van der Waals surface area (Å²) in [6.07, 6.45) is 2.25. The molecular formula is C19H19N5O2S. The first-order chi connectivity index (χ1) is 13.0. The molecule has 7 nitrogen and oxygen atoms in total. The number of rotatable bonds is 5. The first-order valence-electron chi connectivity index (χ1n) is 8.42. The average molecular weight is 381 g/mol. The number of likely N-dealkylation sites (N-methyl/N-ethyl adjacent to an activating group) is 1. The third kappa shape index (κ3) is 4.58. The number of aromatic nitrogens is 1. The summed E-state index contributed by atoms with van der Waals surface area (Å²) in [5, 5.41) is 15.5. The van der Waals surface area contributed by atoms with Crippen molar-refractivity contribution in [2.24, 2.45) is 0 Å². The lowest BCUT2D eigenvalue weighted by Crippen LogP contribution is -2.25. The summed E-state index contributed by atoms with van der Waals surface area (Å²) in [6.45, 7) is 3.28. The molecule has 0 spiro atoms. The Balaban J connectivity index is 1.69. The van der Waals surface area contributed by atoms with Gasteiger partial charge in [-0.25, -0.2) is 4.98 Å². The molecular weight excluding hydrogens is 362 g/mol. The van der Waals surface area contributed by atoms with Crippen LogP contribution in [0.4, 0.5) is 10.8 Å². The van der Waals surface area contributed by atoms with E-state index in [9.17, 15) is 14.9 Å². The van der Waals surface area contributed by atoms with Gasteiger partial charge in [-0.2, -0.15) is 5.26 Å². The van der Waals surface area contributed by atoms with Crippen LogP contribution in [0.5, 0.6) is 0 Å². The van der Waals surface area contributed by atoms with Gasteiger partial charge in [0.25, 0.3) is 5.91 Å². The number of benzene rings is 1. The highest BCUT2D eigenvalue weighted by Crippen LogP contribution is 2.27. The molecule has 3 rings (SSSR count). The van der Waals surface area contributed by atoms with Gasteiger partial charge in [-0.15, -0.1) is 11.3 Å². The molecule has 1 aromatic heterocycles. The predicted molar refractivity (Wildman–Crippen MR) is 105 cm³/mol. The smallest absolute Gasteiger partial charge is 0.267 e. The van der Waals surface area contributed by atoms with Crippen molar-refractivity contribution in [1.82, 2.24) is 9.88 Å². The Bertz CT molecular complexity index is 957. The highest BCUT2D eigenvalue weighted by molar-refractivity contribution is 7.15. The minimum Gasteiger partial charge on any atom is -0.337 e. The van der Waals surface area contributed by atoms with Crippen LogP contribution in [0, 0.1) is 11.3 Å². The van der Waals surface area contributed by atoms with E-state index >= 15 is 0 Å². The Labute approximate surface area is 161 Å². The lowest BCUT2D eigenvalue weighted by atomic mass is 10.1. The summed E-state index contributed by atoms with van der Waals surface area (Å²) >= 11 is 1.53. The summed E-state index contributed by atoms with van der Waals surface area (Å²) in [7, 11) is 2.06. The van der Waals surface area contributed by atoms with Gasteiger partial charge in [0.1, 0.15) is 11.6 Å². The van der Waals surface area contributed by atoms with Gasteiger partial charge < -0.3 is 15.5 Å². The van der Waals surface area contributed by atoms with Gasteiger partial charge in [-0.3, -0.25) is 9.59 Å². The number of amides is 1. The van der Waals surface area contributed by atoms with Crippen molar-refractivity contribution in [2.75, 3.05) is 24.2 Å². The largest absolute Gasteiger partial charge is 0.337 e. The Kier molecular flexibility index (Phi) is 5.64. The molecule has 0 aliphatic carbocycles. The van der Waals surface area contributed by atoms with Crippen LogP contribution in [0.2, 0.25) is 0 Å². The highest BCUT2D eigenvalue weighted by Gasteiger charge is 2.18. The van der Waals surface area contributed by atoms with Crippen LogP contribution < -0.4 is 10.6 Å². The van der Waals surface area contributed by atoms with E-state index in [2.05, 4.69) is 27.6 Å². The molecule has 1 aliphatic heterocycles. The van der Waals surface area contributed by atoms with Crippen molar-refractivity contribution in [3.63, 3.8) is 0 Å². The lowest BCUT2D eigenvalue weighted by molar-refractivity contribution is -0.112. The van der Waals surface area contributed by atoms with E-state index < -0.39 is 5.91 Å². The van der Waals surface area contributed by atoms with Crippen LogP contribution in [0.1, 0.15) is 27.9 Å². The molecule has 0 fully saturated rings. The molecule has 138 valence electrons. The van der Waals surface area contributed by atoms with Crippen LogP contribution in [0.3, 0.4) is 0 Å². The monoisotopic (exact) mass is 381 g/mol. The van der Waals surface area contributed by atoms with Crippen molar-refractivity contribution in [2.45, 2.75) is 19.9 Å². The quantitative estimate of drug-likeness (QED) is 0.469. The molecule has 0 bridgehead atoms. The van der Waals surface area contributed by atoms with Crippen LogP contribution in [0.25, 0.3) is 0 Å². The SMILES string of the molecule is CC(=O)c1cccc(NC(=O)/C(C#N)=C\Nc2nc3c(s2)CN(C)CC3)c1. The molecule has 0 saturated heterocycles. The first-order valence-corrected chi connectivity index (χ1v) is 9.24. The Morgan fingerprint density at radius 2 is 2.22 bits per heavy atom. The fraction of sp³-hybridized carbons (Fsp3) is 0.263. The summed E-state index contributed by atoms with van der Waals surface area (Å²) < 4.78 is 0. The maximum Gasteiger partial charge on any atom is 0.267 e. The normalized spacial score (nSPS) is 14.2. The summed E-state index contributed by atoms with van der Waals surface area (Å²) in [5.41, 5.74) is 1.94. The van der Waals surface area contributed by atoms with Crippen LogP contribution in [0.15, 0.2) is 36.0 Å². The maximum absolute atomic E-state index is 12.3. The summed E-state index contributed by atoms with van der Waals surface area (Å²) in [6, 6.07) is 8.48. The predicted octanol–water partition coefficient (Wildman–Crippen LogP) is 2.79. The molecule has 1 aromatic carbocycles. The number of nitrogens with one attached hydrogen (secondary N) is 2. The Morgan fingerprint density at radius 1 is 1.41 bits per heavy atom. The van der Waals surface area contributed by atoms with Gasteiger partial charge in [0, 0.05) is 41.8 Å². The molecule has 0 unspecified atom stereocenters. The molecule has 1 amide bonds. The van der Waals surface area contributed by atoms with Crippen LogP contribution in [-0.2, 0) is 17.8 Å². The number of hydrogen-bond acceptors (Lipinski definition) is 7. The van der Waals surface area contributed by atoms with Crippen molar-refractivity contribution in [3.8, 4) is 6.07 Å². The van der Waals surface area contributed by atoms with Crippen molar-refractivity contribution < 1.29 is 9.59 Å². The van der Waals surface area contributed by atoms with Gasteiger partial charge >= 0.3 is 0 Å². The van der Waals surface area contributed by atoms with E-state index in [0.29, 0.717) is 16.4 Å². The molecule has 0 atom stereocenters. The van der Waals surface area contributed by atoms with E-state index in [1.54, 1.807) is 24.3 Å². The minimum absolute atomic E-state index is 0.0754. The average Bonchev–Trinajstić information content (AvgIpc) is 3.04. The number of carbonyl (C=O) groups is 2. The van der Waals surface area contributed by atoms with E-state index in [1.165, 1.54) is 29.3 Å². The minimum atomic E-state index is -0.549. The number of hydrogen-bond donors (Lipinski definition) is 2. The van der Waals surface area contributed by atoms with Crippen molar-refractivity contribution in [1.29, 1.82) is 5.26 Å². The number of thiazole rings is 1. The maximum atomic E-state index is 12.3. The van der Waals surface area contributed by atoms with Gasteiger partial charge in [-0.1, -0.05) is 12.1 Å². The van der Waals surface area contributed by atoms with Crippen molar-refractivity contribution >= 4 is 33.8 Å². The number of anilines is 2. The van der Waals surface area contributed by atoms with Gasteiger partial charge in [0.15, 0.2) is 10.9 Å². The third-order valence-electron chi connectivity index (χ3n) is 4.15. The standard InChI is InChI=1S/C19H19N5O2S/c1-12(25)13-4-3-5-15(8-13)22-18(26)14(9-20)10-21-19-23-16-6-7-24(2)11-17(16)27-19/h3-5,8,10H,6-7,11H2,1-2H3,(H,21,23)(H,22,26)/b14-10-. The van der Waals surface area contributed by atoms with Gasteiger partial charge in [0.2, 0.25) is 0 Å². The van der Waals surface area contributed by atoms with Crippen LogP contribution >= 0.6 is 11.3 Å². The zero-order valence-corrected chi connectivity index (χ0v) is 15.9. The second-order valence-electron chi connectivity index (χ2n) is 6.28. The van der Waals surface area contributed by atoms with E-state index in [0.717, 1.165) is 25.2 Å². The lowest BCUT2D eigenvalue weighted by Gasteiger charge is -2.20. The fourth-order valence-electron chi connectivity index (χ4n) is 2.68. The van der Waals surface area contributed by atoms with E-state index in [4.69, 9.17) is 0 Å². The number of Topliss-reactive ketones (excluding diaryl/α,β-unsaturated/α-hetero) is 1. The molecule has 2 N–H and O–H groups in total. The van der Waals surface area contributed by atoms with Crippen LogP contribution in [-0.4, -0.2) is 35.2 Å². The molecule has 8 heteroatoms. The summed E-state index contributed by atoms with van der Waals surface area (Å²) in [5.74, 6) is -0.644. The second kappa shape index (κ2) is 8.12. The van der Waals surface area contributed by atoms with Gasteiger partial charge in [-0.05, 0) is 26.1 Å². The molecule has 2 aromatic rings. The first kappa shape index (κ1) is 18.8. The second-order valence-corrected chi connectivity index (χ2v) is 7.37. The molecule has 1 aliphatic rings.